The highest BCUT2D eigenvalue weighted by atomic mass is 79.9. The van der Waals surface area contributed by atoms with E-state index in [4.69, 9.17) is 0 Å². The first-order valence-electron chi connectivity index (χ1n) is 9.79. The zero-order valence-electron chi connectivity index (χ0n) is 16.7. The summed E-state index contributed by atoms with van der Waals surface area (Å²) in [7, 11) is 0. The van der Waals surface area contributed by atoms with Gasteiger partial charge >= 0.3 is 6.18 Å². The molecule has 0 unspecified atom stereocenters. The van der Waals surface area contributed by atoms with Gasteiger partial charge in [0.1, 0.15) is 6.33 Å². The number of hydrogen-bond donors (Lipinski definition) is 1. The van der Waals surface area contributed by atoms with Crippen molar-refractivity contribution in [2.45, 2.75) is 51.4 Å². The number of carbonyl (C=O) groups is 1. The first kappa shape index (κ1) is 21.5. The molecule has 1 aromatic carbocycles. The molecule has 164 valence electrons. The summed E-state index contributed by atoms with van der Waals surface area (Å²) < 4.78 is 42.4. The molecule has 1 aliphatic carbocycles. The first-order valence-corrected chi connectivity index (χ1v) is 10.6. The Morgan fingerprint density at radius 2 is 2.06 bits per heavy atom. The number of nitrogens with one attached hydrogen (secondary N) is 1. The molecule has 2 heterocycles. The lowest BCUT2D eigenvalue weighted by Crippen LogP contribution is -2.17. The zero-order valence-corrected chi connectivity index (χ0v) is 18.2. The number of anilines is 1. The lowest BCUT2D eigenvalue weighted by Gasteiger charge is -2.07. The Hall–Kier alpha value is -2.69. The second-order valence-corrected chi connectivity index (χ2v) is 8.39. The second kappa shape index (κ2) is 8.45. The molecule has 0 atom stereocenters. The van der Waals surface area contributed by atoms with Gasteiger partial charge in [0.05, 0.1) is 23.3 Å². The Balaban J connectivity index is 1.37. The molecule has 0 radical (unpaired) electrons. The zero-order chi connectivity index (χ0) is 22.2. The molecule has 11 heteroatoms. The fourth-order valence-electron chi connectivity index (χ4n) is 3.37. The molecule has 1 N–H and O–H groups in total. The Labute approximate surface area is 184 Å². The molecule has 2 aromatic heterocycles. The maximum absolute atomic E-state index is 13.2. The molecule has 0 saturated heterocycles. The number of alkyl halides is 3. The fourth-order valence-corrected chi connectivity index (χ4v) is 4.20. The van der Waals surface area contributed by atoms with E-state index in [1.165, 1.54) is 11.0 Å². The number of amides is 1. The molecular formula is C20H20BrF3N6O. The van der Waals surface area contributed by atoms with Crippen LogP contribution in [0.3, 0.4) is 0 Å². The number of benzene rings is 1. The van der Waals surface area contributed by atoms with Gasteiger partial charge in [-0.1, -0.05) is 29.8 Å². The van der Waals surface area contributed by atoms with Crippen molar-refractivity contribution in [2.24, 2.45) is 0 Å². The summed E-state index contributed by atoms with van der Waals surface area (Å²) >= 11 is 3.05. The van der Waals surface area contributed by atoms with Crippen LogP contribution >= 0.6 is 15.9 Å². The van der Waals surface area contributed by atoms with Gasteiger partial charge in [0.25, 0.3) is 0 Å². The van der Waals surface area contributed by atoms with Crippen molar-refractivity contribution in [1.29, 1.82) is 0 Å². The monoisotopic (exact) mass is 496 g/mol. The smallest absolute Gasteiger partial charge is 0.293 e. The van der Waals surface area contributed by atoms with Crippen LogP contribution in [0.1, 0.15) is 47.7 Å². The van der Waals surface area contributed by atoms with E-state index in [1.807, 2.05) is 31.2 Å². The lowest BCUT2D eigenvalue weighted by molar-refractivity contribution is -0.142. The third kappa shape index (κ3) is 5.15. The second-order valence-electron chi connectivity index (χ2n) is 7.60. The minimum Gasteiger partial charge on any atom is -0.293 e. The summed E-state index contributed by atoms with van der Waals surface area (Å²) in [5.41, 5.74) is 1.74. The predicted octanol–water partition coefficient (Wildman–Crippen LogP) is 4.52. The Morgan fingerprint density at radius 3 is 2.74 bits per heavy atom. The summed E-state index contributed by atoms with van der Waals surface area (Å²) in [6, 6.07) is 7.97. The van der Waals surface area contributed by atoms with E-state index < -0.39 is 17.8 Å². The number of aromatic nitrogens is 5. The van der Waals surface area contributed by atoms with E-state index in [0.717, 1.165) is 24.0 Å². The largest absolute Gasteiger partial charge is 0.436 e. The number of nitrogens with zero attached hydrogens (tertiary/aromatic N) is 5. The van der Waals surface area contributed by atoms with Crippen molar-refractivity contribution in [2.75, 3.05) is 5.32 Å². The average Bonchev–Trinajstić information content (AvgIpc) is 3.33. The summed E-state index contributed by atoms with van der Waals surface area (Å²) in [6.45, 7) is 2.55. The van der Waals surface area contributed by atoms with Crippen LogP contribution in [-0.4, -0.2) is 30.5 Å². The Kier molecular flexibility index (Phi) is 5.87. The highest BCUT2D eigenvalue weighted by Gasteiger charge is 2.41. The standard InChI is InChI=1S/C20H20BrF3N6O/c1-12-3-2-4-13(9-12)10-29-11-25-19(28-29)26-15(31)7-8-30-17(14-5-6-14)16(21)18(27-30)20(22,23)24/h2-4,9,11,14H,5-8,10H2,1H3,(H,26,28,31). The maximum Gasteiger partial charge on any atom is 0.436 e. The minimum atomic E-state index is -4.55. The summed E-state index contributed by atoms with van der Waals surface area (Å²) in [5.74, 6) is -0.201. The van der Waals surface area contributed by atoms with Gasteiger partial charge in [0.2, 0.25) is 11.9 Å². The quantitative estimate of drug-likeness (QED) is 0.521. The number of hydrogen-bond acceptors (Lipinski definition) is 4. The summed E-state index contributed by atoms with van der Waals surface area (Å²) in [6.07, 6.45) is -1.45. The van der Waals surface area contributed by atoms with Crippen LogP contribution in [0.25, 0.3) is 0 Å². The van der Waals surface area contributed by atoms with Gasteiger partial charge in [-0.25, -0.2) is 9.67 Å². The number of rotatable bonds is 7. The number of halogens is 4. The van der Waals surface area contributed by atoms with Crippen molar-refractivity contribution < 1.29 is 18.0 Å². The molecular weight excluding hydrogens is 477 g/mol. The molecule has 1 amide bonds. The van der Waals surface area contributed by atoms with E-state index in [2.05, 4.69) is 36.4 Å². The van der Waals surface area contributed by atoms with Crippen LogP contribution < -0.4 is 5.32 Å². The normalized spacial score (nSPS) is 14.1. The summed E-state index contributed by atoms with van der Waals surface area (Å²) in [4.78, 5) is 16.4. The van der Waals surface area contributed by atoms with Crippen LogP contribution in [0.4, 0.5) is 19.1 Å². The average molecular weight is 497 g/mol. The van der Waals surface area contributed by atoms with Gasteiger partial charge in [-0.15, -0.1) is 5.10 Å². The minimum absolute atomic E-state index is 0.0283. The van der Waals surface area contributed by atoms with Crippen LogP contribution in [0.5, 0.6) is 0 Å². The molecule has 1 aliphatic rings. The highest BCUT2D eigenvalue weighted by molar-refractivity contribution is 9.10. The van der Waals surface area contributed by atoms with Gasteiger partial charge in [-0.2, -0.15) is 18.3 Å². The number of carbonyl (C=O) groups excluding carboxylic acids is 1. The van der Waals surface area contributed by atoms with Gasteiger partial charge in [0, 0.05) is 12.3 Å². The van der Waals surface area contributed by atoms with Crippen LogP contribution in [0.2, 0.25) is 0 Å². The third-order valence-corrected chi connectivity index (χ3v) is 5.71. The molecule has 1 fully saturated rings. The molecule has 0 bridgehead atoms. The number of aryl methyl sites for hydroxylation is 2. The van der Waals surface area contributed by atoms with Crippen molar-refractivity contribution in [1.82, 2.24) is 24.5 Å². The first-order chi connectivity index (χ1) is 14.7. The van der Waals surface area contributed by atoms with Crippen molar-refractivity contribution >= 4 is 27.8 Å². The van der Waals surface area contributed by atoms with Crippen LogP contribution in [-0.2, 0) is 24.1 Å². The maximum atomic E-state index is 13.2. The molecule has 7 nitrogen and oxygen atoms in total. The van der Waals surface area contributed by atoms with E-state index in [1.54, 1.807) is 4.68 Å². The molecule has 0 spiro atoms. The molecule has 1 saturated carbocycles. The van der Waals surface area contributed by atoms with E-state index in [0.29, 0.717) is 12.2 Å². The van der Waals surface area contributed by atoms with Crippen LogP contribution in [0.15, 0.2) is 35.1 Å². The van der Waals surface area contributed by atoms with Crippen molar-refractivity contribution in [3.8, 4) is 0 Å². The molecule has 31 heavy (non-hydrogen) atoms. The van der Waals surface area contributed by atoms with Crippen molar-refractivity contribution in [3.05, 3.63) is 57.6 Å². The van der Waals surface area contributed by atoms with E-state index in [-0.39, 0.29) is 29.3 Å². The van der Waals surface area contributed by atoms with Gasteiger partial charge in [-0.3, -0.25) is 14.8 Å². The fraction of sp³-hybridized carbons (Fsp3) is 0.400. The highest BCUT2D eigenvalue weighted by Crippen LogP contribution is 2.47. The molecule has 0 aliphatic heterocycles. The molecule has 3 aromatic rings. The van der Waals surface area contributed by atoms with E-state index >= 15 is 0 Å². The SMILES string of the molecule is Cc1cccc(Cn2cnc(NC(=O)CCn3nc(C(F)(F)F)c(Br)c3C3CC3)n2)c1. The Morgan fingerprint density at radius 1 is 1.29 bits per heavy atom. The van der Waals surface area contributed by atoms with Gasteiger partial charge in [-0.05, 0) is 41.3 Å². The summed E-state index contributed by atoms with van der Waals surface area (Å²) in [5, 5.41) is 10.5. The van der Waals surface area contributed by atoms with Gasteiger partial charge in [0.15, 0.2) is 5.69 Å². The van der Waals surface area contributed by atoms with E-state index in [9.17, 15) is 18.0 Å². The predicted molar refractivity (Wildman–Crippen MR) is 110 cm³/mol. The molecule has 4 rings (SSSR count). The lowest BCUT2D eigenvalue weighted by atomic mass is 10.1. The topological polar surface area (TPSA) is 77.6 Å². The van der Waals surface area contributed by atoms with Crippen molar-refractivity contribution in [3.63, 3.8) is 0 Å². The van der Waals surface area contributed by atoms with Crippen LogP contribution in [0, 0.1) is 6.92 Å². The third-order valence-electron chi connectivity index (χ3n) is 4.93. The Bertz CT molecular complexity index is 1100. The van der Waals surface area contributed by atoms with Gasteiger partial charge < -0.3 is 0 Å².